The molecule has 2 unspecified atom stereocenters. The Hall–Kier alpha value is -1.07. The molecule has 2 atom stereocenters. The van der Waals surface area contributed by atoms with Crippen molar-refractivity contribution in [3.63, 3.8) is 0 Å². The van der Waals surface area contributed by atoms with Crippen LogP contribution in [-0.4, -0.2) is 40.1 Å². The maximum absolute atomic E-state index is 11.2. The topological polar surface area (TPSA) is 55.4 Å². The number of para-hydroxylation sites is 1. The van der Waals surface area contributed by atoms with E-state index in [4.69, 9.17) is 4.74 Å². The van der Waals surface area contributed by atoms with Crippen LogP contribution in [0.15, 0.2) is 24.3 Å². The van der Waals surface area contributed by atoms with Crippen LogP contribution in [0.4, 0.5) is 0 Å². The lowest BCUT2D eigenvalue weighted by Gasteiger charge is -2.22. The van der Waals surface area contributed by atoms with Crippen LogP contribution in [0.25, 0.3) is 0 Å². The van der Waals surface area contributed by atoms with Crippen molar-refractivity contribution in [1.29, 1.82) is 0 Å². The van der Waals surface area contributed by atoms with Gasteiger partial charge in [0.1, 0.15) is 15.6 Å². The van der Waals surface area contributed by atoms with E-state index in [1.54, 1.807) is 0 Å². The first-order valence-corrected chi connectivity index (χ1v) is 8.64. The summed E-state index contributed by atoms with van der Waals surface area (Å²) >= 11 is 0. The van der Waals surface area contributed by atoms with Gasteiger partial charge in [-0.2, -0.15) is 0 Å². The van der Waals surface area contributed by atoms with Crippen LogP contribution in [0.2, 0.25) is 0 Å². The van der Waals surface area contributed by atoms with E-state index in [1.165, 1.54) is 11.8 Å². The normalized spacial score (nSPS) is 19.8. The van der Waals surface area contributed by atoms with Crippen LogP contribution in [0, 0.1) is 0 Å². The minimum absolute atomic E-state index is 0.250. The third-order valence-corrected chi connectivity index (χ3v) is 4.65. The summed E-state index contributed by atoms with van der Waals surface area (Å²) in [6.07, 6.45) is 2.81. The molecule has 2 rings (SSSR count). The second-order valence-electron chi connectivity index (χ2n) is 5.12. The number of hydrogen-bond donors (Lipinski definition) is 1. The maximum Gasteiger partial charge on any atom is 0.147 e. The monoisotopic (exact) mass is 283 g/mol. The lowest BCUT2D eigenvalue weighted by molar-refractivity contribution is 0.296. The van der Waals surface area contributed by atoms with Crippen molar-refractivity contribution in [3.05, 3.63) is 29.8 Å². The number of benzene rings is 1. The molecule has 0 radical (unpaired) electrons. The predicted octanol–water partition coefficient (Wildman–Crippen LogP) is 1.58. The molecule has 0 saturated carbocycles. The van der Waals surface area contributed by atoms with Gasteiger partial charge in [0.15, 0.2) is 0 Å². The van der Waals surface area contributed by atoms with E-state index in [-0.39, 0.29) is 11.8 Å². The zero-order valence-corrected chi connectivity index (χ0v) is 12.2. The third-order valence-electron chi connectivity index (χ3n) is 3.62. The van der Waals surface area contributed by atoms with Gasteiger partial charge in [0.2, 0.25) is 0 Å². The molecule has 19 heavy (non-hydrogen) atoms. The van der Waals surface area contributed by atoms with Crippen molar-refractivity contribution in [3.8, 4) is 5.75 Å². The average Bonchev–Trinajstić information content (AvgIpc) is 2.77. The molecule has 1 heterocycles. The minimum atomic E-state index is -2.87. The summed E-state index contributed by atoms with van der Waals surface area (Å²) in [5, 5.41) is 3.30. The van der Waals surface area contributed by atoms with E-state index in [0.717, 1.165) is 12.2 Å². The van der Waals surface area contributed by atoms with Crippen molar-refractivity contribution in [2.24, 2.45) is 0 Å². The van der Waals surface area contributed by atoms with Gasteiger partial charge in [0.05, 0.1) is 6.61 Å². The van der Waals surface area contributed by atoms with Crippen LogP contribution in [0.1, 0.15) is 24.3 Å². The molecular weight excluding hydrogens is 262 g/mol. The molecule has 0 bridgehead atoms. The quantitative estimate of drug-likeness (QED) is 0.861. The second kappa shape index (κ2) is 5.92. The Kier molecular flexibility index (Phi) is 4.47. The molecule has 1 aliphatic rings. The zero-order valence-electron chi connectivity index (χ0n) is 11.4. The molecule has 0 spiro atoms. The Labute approximate surface area is 115 Å². The van der Waals surface area contributed by atoms with Crippen LogP contribution < -0.4 is 10.1 Å². The highest BCUT2D eigenvalue weighted by Crippen LogP contribution is 2.36. The summed E-state index contributed by atoms with van der Waals surface area (Å²) in [5.74, 6) is 1.51. The second-order valence-corrected chi connectivity index (χ2v) is 7.38. The number of likely N-dealkylation sites (N-methyl/N-ethyl adjacent to an activating group) is 1. The molecule has 0 saturated heterocycles. The van der Waals surface area contributed by atoms with Gasteiger partial charge in [-0.25, -0.2) is 8.42 Å². The number of nitrogens with one attached hydrogen (secondary N) is 1. The summed E-state index contributed by atoms with van der Waals surface area (Å²) < 4.78 is 28.0. The smallest absolute Gasteiger partial charge is 0.147 e. The summed E-state index contributed by atoms with van der Waals surface area (Å²) in [4.78, 5) is 0. The van der Waals surface area contributed by atoms with Gasteiger partial charge >= 0.3 is 0 Å². The predicted molar refractivity (Wildman–Crippen MR) is 76.5 cm³/mol. The lowest BCUT2D eigenvalue weighted by Crippen LogP contribution is -2.33. The number of sulfone groups is 1. The fraction of sp³-hybridized carbons (Fsp3) is 0.571. The highest BCUT2D eigenvalue weighted by atomic mass is 32.2. The lowest BCUT2D eigenvalue weighted by atomic mass is 9.91. The molecule has 0 aliphatic carbocycles. The van der Waals surface area contributed by atoms with Gasteiger partial charge in [-0.15, -0.1) is 0 Å². The van der Waals surface area contributed by atoms with Crippen molar-refractivity contribution >= 4 is 9.84 Å². The van der Waals surface area contributed by atoms with E-state index in [2.05, 4.69) is 11.4 Å². The highest BCUT2D eigenvalue weighted by Gasteiger charge is 2.30. The molecule has 0 amide bonds. The molecule has 0 fully saturated rings. The molecule has 4 nitrogen and oxygen atoms in total. The van der Waals surface area contributed by atoms with Gasteiger partial charge < -0.3 is 10.1 Å². The highest BCUT2D eigenvalue weighted by molar-refractivity contribution is 7.90. The Morgan fingerprint density at radius 3 is 2.84 bits per heavy atom. The Morgan fingerprint density at radius 2 is 2.16 bits per heavy atom. The minimum Gasteiger partial charge on any atom is -0.493 e. The molecular formula is C14H21NO3S. The van der Waals surface area contributed by atoms with Gasteiger partial charge in [0, 0.05) is 29.5 Å². The van der Waals surface area contributed by atoms with E-state index < -0.39 is 9.84 Å². The van der Waals surface area contributed by atoms with Crippen LogP contribution in [0.5, 0.6) is 5.75 Å². The number of fused-ring (bicyclic) bond motifs is 1. The molecule has 5 heteroatoms. The largest absolute Gasteiger partial charge is 0.493 e. The Bertz CT molecular complexity index is 527. The third kappa shape index (κ3) is 3.70. The molecule has 106 valence electrons. The Morgan fingerprint density at radius 1 is 1.42 bits per heavy atom. The summed E-state index contributed by atoms with van der Waals surface area (Å²) in [6, 6.07) is 8.32. The fourth-order valence-electron chi connectivity index (χ4n) is 2.63. The first kappa shape index (κ1) is 14.3. The number of ether oxygens (including phenoxy) is 1. The molecule has 1 N–H and O–H groups in total. The summed E-state index contributed by atoms with van der Waals surface area (Å²) in [7, 11) is -0.948. The van der Waals surface area contributed by atoms with E-state index in [0.29, 0.717) is 18.9 Å². The van der Waals surface area contributed by atoms with Crippen LogP contribution in [0.3, 0.4) is 0 Å². The number of rotatable bonds is 6. The zero-order chi connectivity index (χ0) is 13.9. The SMILES string of the molecule is CNC(CCCS(C)(=O)=O)C1COc2ccccc21. The van der Waals surface area contributed by atoms with Crippen molar-refractivity contribution in [2.75, 3.05) is 25.7 Å². The standard InChI is InChI=1S/C14H21NO3S/c1-15-13(7-5-9-19(2,16)17)12-10-18-14-8-4-3-6-11(12)14/h3-4,6,8,12-13,15H,5,7,9-10H2,1-2H3. The van der Waals surface area contributed by atoms with Gasteiger partial charge in [-0.3, -0.25) is 0 Å². The van der Waals surface area contributed by atoms with Crippen molar-refractivity contribution in [1.82, 2.24) is 5.32 Å². The maximum atomic E-state index is 11.2. The Balaban J connectivity index is 2.00. The van der Waals surface area contributed by atoms with Gasteiger partial charge in [-0.05, 0) is 26.0 Å². The van der Waals surface area contributed by atoms with Crippen molar-refractivity contribution < 1.29 is 13.2 Å². The van der Waals surface area contributed by atoms with Crippen LogP contribution >= 0.6 is 0 Å². The van der Waals surface area contributed by atoms with E-state index >= 15 is 0 Å². The van der Waals surface area contributed by atoms with E-state index in [9.17, 15) is 8.42 Å². The summed E-state index contributed by atoms with van der Waals surface area (Å²) in [6.45, 7) is 0.670. The van der Waals surface area contributed by atoms with E-state index in [1.807, 2.05) is 25.2 Å². The molecule has 1 aromatic rings. The fourth-order valence-corrected chi connectivity index (χ4v) is 3.32. The van der Waals surface area contributed by atoms with Gasteiger partial charge in [-0.1, -0.05) is 18.2 Å². The first-order chi connectivity index (χ1) is 9.01. The molecule has 1 aliphatic heterocycles. The average molecular weight is 283 g/mol. The van der Waals surface area contributed by atoms with Crippen LogP contribution in [-0.2, 0) is 9.84 Å². The van der Waals surface area contributed by atoms with Crippen molar-refractivity contribution in [2.45, 2.75) is 24.8 Å². The summed E-state index contributed by atoms with van der Waals surface area (Å²) in [5.41, 5.74) is 1.22. The molecule has 1 aromatic carbocycles. The molecule has 0 aromatic heterocycles. The number of hydrogen-bond acceptors (Lipinski definition) is 4. The first-order valence-electron chi connectivity index (χ1n) is 6.58. The van der Waals surface area contributed by atoms with Gasteiger partial charge in [0.25, 0.3) is 0 Å².